The van der Waals surface area contributed by atoms with Crippen molar-refractivity contribution in [2.45, 2.75) is 62.4 Å². The summed E-state index contributed by atoms with van der Waals surface area (Å²) in [5, 5.41) is 51.2. The van der Waals surface area contributed by atoms with Gasteiger partial charge in [0.25, 0.3) is 0 Å². The van der Waals surface area contributed by atoms with Crippen LogP contribution in [0, 0.1) is 11.8 Å². The van der Waals surface area contributed by atoms with Crippen LogP contribution in [-0.4, -0.2) is 87.0 Å². The number of esters is 1. The fourth-order valence-corrected chi connectivity index (χ4v) is 5.01. The molecule has 4 rings (SSSR count). The first-order chi connectivity index (χ1) is 17.2. The van der Waals surface area contributed by atoms with Gasteiger partial charge in [0.2, 0.25) is 12.6 Å². The van der Waals surface area contributed by atoms with Gasteiger partial charge < -0.3 is 44.5 Å². The van der Waals surface area contributed by atoms with Crippen LogP contribution >= 0.6 is 0 Å². The van der Waals surface area contributed by atoms with Gasteiger partial charge in [-0.15, -0.1) is 0 Å². The molecule has 0 amide bonds. The summed E-state index contributed by atoms with van der Waals surface area (Å²) in [5.41, 5.74) is -0.791. The second-order valence-corrected chi connectivity index (χ2v) is 9.33. The van der Waals surface area contributed by atoms with E-state index in [2.05, 4.69) is 0 Å². The highest BCUT2D eigenvalue weighted by Crippen LogP contribution is 2.49. The Morgan fingerprint density at radius 2 is 1.92 bits per heavy atom. The standard InChI is InChI=1S/C25H30O11/c1-13-8-9-25(32)15(10-26)12-33-23(19(13)25)36-24-22(21(31)20(30)17(11-27)34-24)35-18(29)7-4-14-2-5-16(28)6-3-14/h2-7,10,12-13,17,19-24,27-28,30-32H,8-9,11H2,1H3/b7-4+/t13-,17-,19+,20-,21+,22-,23+,24+,25+/m1/s1. The van der Waals surface area contributed by atoms with Crippen molar-refractivity contribution in [1.82, 2.24) is 0 Å². The number of hydrogen-bond donors (Lipinski definition) is 5. The SMILES string of the molecule is C[C@@H]1CC[C@]2(O)C(C=O)=CO[C@@H](O[C@@H]3O[C@H](CO)[C@@H](O)[C@H](O)[C@H]3OC(=O)/C=C/c3ccc(O)cc3)[C@H]12. The number of aldehydes is 1. The highest BCUT2D eigenvalue weighted by Gasteiger charge is 2.57. The quantitative estimate of drug-likeness (QED) is 0.191. The van der Waals surface area contributed by atoms with Crippen molar-refractivity contribution in [3.8, 4) is 5.75 Å². The van der Waals surface area contributed by atoms with Crippen molar-refractivity contribution in [3.05, 3.63) is 47.7 Å². The number of phenols is 1. The van der Waals surface area contributed by atoms with Gasteiger partial charge in [-0.05, 0) is 42.5 Å². The molecule has 2 fully saturated rings. The molecule has 9 atom stereocenters. The zero-order chi connectivity index (χ0) is 26.0. The molecule has 1 aromatic carbocycles. The second-order valence-electron chi connectivity index (χ2n) is 9.33. The molecule has 1 saturated carbocycles. The summed E-state index contributed by atoms with van der Waals surface area (Å²) in [6, 6.07) is 6.03. The third kappa shape index (κ3) is 5.03. The van der Waals surface area contributed by atoms with Crippen LogP contribution in [0.2, 0.25) is 0 Å². The molecule has 11 heteroatoms. The lowest BCUT2D eigenvalue weighted by Crippen LogP contribution is -2.62. The minimum absolute atomic E-state index is 0.0631. The van der Waals surface area contributed by atoms with Crippen LogP contribution in [0.3, 0.4) is 0 Å². The van der Waals surface area contributed by atoms with Crippen molar-refractivity contribution in [2.75, 3.05) is 6.61 Å². The average Bonchev–Trinajstić information content (AvgIpc) is 3.18. The Balaban J connectivity index is 1.54. The van der Waals surface area contributed by atoms with Crippen molar-refractivity contribution in [1.29, 1.82) is 0 Å². The number of carbonyl (C=O) groups excluding carboxylic acids is 2. The maximum absolute atomic E-state index is 12.5. The molecule has 11 nitrogen and oxygen atoms in total. The lowest BCUT2D eigenvalue weighted by Gasteiger charge is -2.45. The first-order valence-electron chi connectivity index (χ1n) is 11.7. The van der Waals surface area contributed by atoms with Crippen LogP contribution in [0.4, 0.5) is 0 Å². The van der Waals surface area contributed by atoms with Crippen molar-refractivity contribution in [3.63, 3.8) is 0 Å². The monoisotopic (exact) mass is 506 g/mol. The molecule has 3 aliphatic rings. The smallest absolute Gasteiger partial charge is 0.331 e. The summed E-state index contributed by atoms with van der Waals surface area (Å²) in [5.74, 6) is -1.58. The fraction of sp³-hybridized carbons (Fsp3) is 0.520. The van der Waals surface area contributed by atoms with Gasteiger partial charge >= 0.3 is 5.97 Å². The summed E-state index contributed by atoms with van der Waals surface area (Å²) in [7, 11) is 0. The van der Waals surface area contributed by atoms with E-state index in [0.717, 1.165) is 12.3 Å². The summed E-state index contributed by atoms with van der Waals surface area (Å²) < 4.78 is 22.5. The van der Waals surface area contributed by atoms with Gasteiger partial charge in [0, 0.05) is 6.08 Å². The maximum atomic E-state index is 12.5. The van der Waals surface area contributed by atoms with E-state index in [1.54, 1.807) is 12.1 Å². The Hall–Kier alpha value is -2.80. The molecular formula is C25H30O11. The number of aliphatic hydroxyl groups is 4. The first kappa shape index (κ1) is 26.3. The molecule has 2 heterocycles. The van der Waals surface area contributed by atoms with Crippen molar-refractivity contribution in [2.24, 2.45) is 11.8 Å². The van der Waals surface area contributed by atoms with Crippen molar-refractivity contribution >= 4 is 18.3 Å². The second kappa shape index (κ2) is 10.7. The number of fused-ring (bicyclic) bond motifs is 1. The van der Waals surface area contributed by atoms with Gasteiger partial charge in [0.15, 0.2) is 12.4 Å². The fourth-order valence-electron chi connectivity index (χ4n) is 5.01. The molecule has 196 valence electrons. The Labute approximate surface area is 207 Å². The number of rotatable bonds is 7. The van der Waals surface area contributed by atoms with Crippen LogP contribution in [0.5, 0.6) is 5.75 Å². The van der Waals surface area contributed by atoms with E-state index < -0.39 is 61.1 Å². The third-order valence-electron chi connectivity index (χ3n) is 7.04. The first-order valence-corrected chi connectivity index (χ1v) is 11.7. The van der Waals surface area contributed by atoms with Crippen LogP contribution in [0.1, 0.15) is 25.3 Å². The molecular weight excluding hydrogens is 476 g/mol. The number of hydrogen-bond acceptors (Lipinski definition) is 11. The summed E-state index contributed by atoms with van der Waals surface area (Å²) in [6.07, 6.45) is -3.51. The summed E-state index contributed by atoms with van der Waals surface area (Å²) >= 11 is 0. The molecule has 0 bridgehead atoms. The molecule has 0 unspecified atom stereocenters. The zero-order valence-electron chi connectivity index (χ0n) is 19.5. The number of carbonyl (C=O) groups is 2. The molecule has 1 saturated heterocycles. The third-order valence-corrected chi connectivity index (χ3v) is 7.04. The van der Waals surface area contributed by atoms with E-state index in [9.17, 15) is 35.1 Å². The molecule has 1 aromatic rings. The van der Waals surface area contributed by atoms with Gasteiger partial charge in [-0.1, -0.05) is 19.1 Å². The van der Waals surface area contributed by atoms with Gasteiger partial charge in [0.1, 0.15) is 29.7 Å². The molecule has 5 N–H and O–H groups in total. The van der Waals surface area contributed by atoms with Crippen molar-refractivity contribution < 1.29 is 54.1 Å². The number of benzene rings is 1. The Bertz CT molecular complexity index is 1010. The molecule has 2 aliphatic heterocycles. The summed E-state index contributed by atoms with van der Waals surface area (Å²) in [4.78, 5) is 24.0. The van der Waals surface area contributed by atoms with E-state index in [-0.39, 0.29) is 17.2 Å². The highest BCUT2D eigenvalue weighted by molar-refractivity contribution is 5.87. The van der Waals surface area contributed by atoms with E-state index in [1.807, 2.05) is 6.92 Å². The van der Waals surface area contributed by atoms with E-state index in [0.29, 0.717) is 24.7 Å². The summed E-state index contributed by atoms with van der Waals surface area (Å²) in [6.45, 7) is 1.22. The molecule has 0 spiro atoms. The van der Waals surface area contributed by atoms with Gasteiger partial charge in [-0.25, -0.2) is 4.79 Å². The van der Waals surface area contributed by atoms with Crippen LogP contribution in [-0.2, 0) is 28.5 Å². The lowest BCUT2D eigenvalue weighted by molar-refractivity contribution is -0.347. The Morgan fingerprint density at radius 3 is 2.58 bits per heavy atom. The Kier molecular flexibility index (Phi) is 7.79. The molecule has 0 radical (unpaired) electrons. The maximum Gasteiger partial charge on any atom is 0.331 e. The van der Waals surface area contributed by atoms with Crippen LogP contribution in [0.25, 0.3) is 6.08 Å². The molecule has 1 aliphatic carbocycles. The number of aromatic hydroxyl groups is 1. The topological polar surface area (TPSA) is 172 Å². The largest absolute Gasteiger partial charge is 0.508 e. The minimum atomic E-state index is -1.67. The van der Waals surface area contributed by atoms with Crippen LogP contribution < -0.4 is 0 Å². The van der Waals surface area contributed by atoms with E-state index >= 15 is 0 Å². The minimum Gasteiger partial charge on any atom is -0.508 e. The highest BCUT2D eigenvalue weighted by atomic mass is 16.8. The average molecular weight is 507 g/mol. The normalized spacial score (nSPS) is 38.2. The van der Waals surface area contributed by atoms with E-state index in [1.165, 1.54) is 18.2 Å². The lowest BCUT2D eigenvalue weighted by atomic mass is 9.80. The van der Waals surface area contributed by atoms with Gasteiger partial charge in [0.05, 0.1) is 24.4 Å². The van der Waals surface area contributed by atoms with Gasteiger partial charge in [-0.2, -0.15) is 0 Å². The zero-order valence-corrected chi connectivity index (χ0v) is 19.5. The molecule has 0 aromatic heterocycles. The van der Waals surface area contributed by atoms with Gasteiger partial charge in [-0.3, -0.25) is 4.79 Å². The molecule has 36 heavy (non-hydrogen) atoms. The predicted octanol–water partition coefficient (Wildman–Crippen LogP) is -0.0109. The number of phenolic OH excluding ortho intramolecular Hbond substituents is 1. The Morgan fingerprint density at radius 1 is 1.19 bits per heavy atom. The predicted molar refractivity (Wildman–Crippen MR) is 122 cm³/mol. The van der Waals surface area contributed by atoms with Crippen LogP contribution in [0.15, 0.2) is 42.2 Å². The van der Waals surface area contributed by atoms with E-state index in [4.69, 9.17) is 18.9 Å². The number of ether oxygens (including phenoxy) is 4. The number of aliphatic hydroxyl groups excluding tert-OH is 3.